The van der Waals surface area contributed by atoms with E-state index in [2.05, 4.69) is 32.0 Å². The molecule has 3 nitrogen and oxygen atoms in total. The van der Waals surface area contributed by atoms with Crippen LogP contribution >= 0.6 is 0 Å². The molecule has 4 heteroatoms. The number of benzene rings is 1. The molecule has 0 bridgehead atoms. The van der Waals surface area contributed by atoms with Crippen LogP contribution in [0.5, 0.6) is 0 Å². The van der Waals surface area contributed by atoms with Gasteiger partial charge in [0.2, 0.25) is 0 Å². The molecule has 21 heavy (non-hydrogen) atoms. The number of nitrogens with two attached hydrogens (primary N) is 1. The van der Waals surface area contributed by atoms with Gasteiger partial charge in [-0.1, -0.05) is 30.2 Å². The summed E-state index contributed by atoms with van der Waals surface area (Å²) in [7, 11) is -2.94. The Balaban J connectivity index is 2.06. The lowest BCUT2D eigenvalue weighted by atomic mass is 9.81. The Labute approximate surface area is 128 Å². The third kappa shape index (κ3) is 4.30. The first-order chi connectivity index (χ1) is 9.77. The summed E-state index contributed by atoms with van der Waals surface area (Å²) in [6.45, 7) is 4.20. The minimum absolute atomic E-state index is 0.0510. The molecule has 1 saturated carbocycles. The predicted molar refractivity (Wildman–Crippen MR) is 88.2 cm³/mol. The Morgan fingerprint density at radius 2 is 2.00 bits per heavy atom. The summed E-state index contributed by atoms with van der Waals surface area (Å²) in [5.74, 6) is 0.318. The van der Waals surface area contributed by atoms with E-state index < -0.39 is 9.84 Å². The molecule has 2 N–H and O–H groups in total. The molecule has 1 fully saturated rings. The summed E-state index contributed by atoms with van der Waals surface area (Å²) in [6, 6.07) is 6.50. The molecule has 0 amide bonds. The fraction of sp³-hybridized carbons (Fsp3) is 0.647. The van der Waals surface area contributed by atoms with Gasteiger partial charge in [0.15, 0.2) is 0 Å². The summed E-state index contributed by atoms with van der Waals surface area (Å²) in [6.07, 6.45) is 5.75. The van der Waals surface area contributed by atoms with Crippen LogP contribution in [0.2, 0.25) is 0 Å². The average Bonchev–Trinajstić information content (AvgIpc) is 2.42. The molecule has 2 rings (SSSR count). The van der Waals surface area contributed by atoms with Crippen LogP contribution in [0.15, 0.2) is 18.2 Å². The van der Waals surface area contributed by atoms with Gasteiger partial charge in [0.05, 0.1) is 5.25 Å². The molecule has 0 radical (unpaired) electrons. The van der Waals surface area contributed by atoms with Crippen LogP contribution in [-0.4, -0.2) is 26.0 Å². The molecule has 1 aliphatic rings. The molecule has 1 aliphatic carbocycles. The molecule has 1 aromatic rings. The summed E-state index contributed by atoms with van der Waals surface area (Å²) in [5.41, 5.74) is 10.2. The van der Waals surface area contributed by atoms with Gasteiger partial charge in [-0.3, -0.25) is 0 Å². The van der Waals surface area contributed by atoms with Crippen LogP contribution in [-0.2, 0) is 16.3 Å². The van der Waals surface area contributed by atoms with E-state index in [-0.39, 0.29) is 11.3 Å². The van der Waals surface area contributed by atoms with Gasteiger partial charge in [0, 0.05) is 12.3 Å². The second-order valence-corrected chi connectivity index (χ2v) is 9.00. The van der Waals surface area contributed by atoms with Crippen molar-refractivity contribution in [1.29, 1.82) is 0 Å². The van der Waals surface area contributed by atoms with E-state index in [9.17, 15) is 8.42 Å². The van der Waals surface area contributed by atoms with Crippen molar-refractivity contribution < 1.29 is 8.42 Å². The minimum atomic E-state index is -2.94. The highest BCUT2D eigenvalue weighted by molar-refractivity contribution is 7.91. The van der Waals surface area contributed by atoms with E-state index in [1.807, 2.05) is 0 Å². The SMILES string of the molecule is Cc1ccc(C)c(CC(N)C2CCCC(S(C)(=O)=O)C2)c1. The van der Waals surface area contributed by atoms with Crippen LogP contribution in [0, 0.1) is 19.8 Å². The molecule has 0 aromatic heterocycles. The van der Waals surface area contributed by atoms with Crippen molar-refractivity contribution in [3.63, 3.8) is 0 Å². The van der Waals surface area contributed by atoms with Crippen molar-refractivity contribution in [3.8, 4) is 0 Å². The number of hydrogen-bond donors (Lipinski definition) is 1. The Hall–Kier alpha value is -0.870. The normalized spacial score (nSPS) is 24.8. The summed E-state index contributed by atoms with van der Waals surface area (Å²) in [4.78, 5) is 0. The molecule has 118 valence electrons. The first-order valence-corrected chi connectivity index (χ1v) is 9.73. The van der Waals surface area contributed by atoms with Gasteiger partial charge in [-0.15, -0.1) is 0 Å². The van der Waals surface area contributed by atoms with Gasteiger partial charge in [0.25, 0.3) is 0 Å². The molecule has 0 heterocycles. The first kappa shape index (κ1) is 16.5. The van der Waals surface area contributed by atoms with Crippen molar-refractivity contribution in [2.75, 3.05) is 6.26 Å². The summed E-state index contributed by atoms with van der Waals surface area (Å²) in [5, 5.41) is -0.194. The second kappa shape index (κ2) is 6.49. The lowest BCUT2D eigenvalue weighted by molar-refractivity contribution is 0.304. The van der Waals surface area contributed by atoms with E-state index in [0.717, 1.165) is 32.1 Å². The zero-order chi connectivity index (χ0) is 15.6. The lowest BCUT2D eigenvalue weighted by Gasteiger charge is -2.32. The fourth-order valence-corrected chi connectivity index (χ4v) is 4.59. The molecular weight excluding hydrogens is 282 g/mol. The van der Waals surface area contributed by atoms with Crippen LogP contribution < -0.4 is 5.73 Å². The zero-order valence-electron chi connectivity index (χ0n) is 13.3. The van der Waals surface area contributed by atoms with Crippen molar-refractivity contribution in [2.24, 2.45) is 11.7 Å². The van der Waals surface area contributed by atoms with E-state index in [0.29, 0.717) is 5.92 Å². The maximum absolute atomic E-state index is 11.8. The second-order valence-electron chi connectivity index (χ2n) is 6.68. The summed E-state index contributed by atoms with van der Waals surface area (Å²) < 4.78 is 23.5. The van der Waals surface area contributed by atoms with Gasteiger partial charge in [-0.2, -0.15) is 0 Å². The van der Waals surface area contributed by atoms with E-state index >= 15 is 0 Å². The highest BCUT2D eigenvalue weighted by Gasteiger charge is 2.31. The maximum atomic E-state index is 11.8. The quantitative estimate of drug-likeness (QED) is 0.930. The molecule has 3 unspecified atom stereocenters. The van der Waals surface area contributed by atoms with Crippen molar-refractivity contribution >= 4 is 9.84 Å². The minimum Gasteiger partial charge on any atom is -0.327 e. The number of rotatable bonds is 4. The van der Waals surface area contributed by atoms with Crippen molar-refractivity contribution in [1.82, 2.24) is 0 Å². The third-order valence-electron chi connectivity index (χ3n) is 4.84. The zero-order valence-corrected chi connectivity index (χ0v) is 14.1. The monoisotopic (exact) mass is 309 g/mol. The Bertz CT molecular complexity index is 595. The number of aryl methyl sites for hydroxylation is 2. The van der Waals surface area contributed by atoms with Gasteiger partial charge < -0.3 is 5.73 Å². The van der Waals surface area contributed by atoms with Crippen LogP contribution in [0.4, 0.5) is 0 Å². The van der Waals surface area contributed by atoms with E-state index in [1.54, 1.807) is 0 Å². The molecule has 0 spiro atoms. The molecule has 0 saturated heterocycles. The highest BCUT2D eigenvalue weighted by atomic mass is 32.2. The topological polar surface area (TPSA) is 60.2 Å². The van der Waals surface area contributed by atoms with Crippen LogP contribution in [0.25, 0.3) is 0 Å². The Morgan fingerprint density at radius 1 is 1.29 bits per heavy atom. The van der Waals surface area contributed by atoms with Crippen molar-refractivity contribution in [2.45, 2.75) is 57.2 Å². The average molecular weight is 309 g/mol. The largest absolute Gasteiger partial charge is 0.327 e. The molecule has 0 aliphatic heterocycles. The highest BCUT2D eigenvalue weighted by Crippen LogP contribution is 2.31. The van der Waals surface area contributed by atoms with Crippen LogP contribution in [0.1, 0.15) is 42.4 Å². The maximum Gasteiger partial charge on any atom is 0.150 e. The van der Waals surface area contributed by atoms with Gasteiger partial charge in [-0.05, 0) is 56.6 Å². The molecule has 3 atom stereocenters. The molecule has 1 aromatic carbocycles. The number of sulfone groups is 1. The Kier molecular flexibility index (Phi) is 5.10. The standard InChI is InChI=1S/C17H27NO2S/c1-12-7-8-13(2)15(9-12)11-17(18)14-5-4-6-16(10-14)21(3,19)20/h7-9,14,16-17H,4-6,10-11,18H2,1-3H3. The third-order valence-corrected chi connectivity index (χ3v) is 6.48. The smallest absolute Gasteiger partial charge is 0.150 e. The van der Waals surface area contributed by atoms with Gasteiger partial charge >= 0.3 is 0 Å². The van der Waals surface area contributed by atoms with Gasteiger partial charge in [-0.25, -0.2) is 8.42 Å². The van der Waals surface area contributed by atoms with Crippen LogP contribution in [0.3, 0.4) is 0 Å². The van der Waals surface area contributed by atoms with E-state index in [1.165, 1.54) is 22.9 Å². The lowest BCUT2D eigenvalue weighted by Crippen LogP contribution is -2.39. The van der Waals surface area contributed by atoms with E-state index in [4.69, 9.17) is 5.73 Å². The fourth-order valence-electron chi connectivity index (χ4n) is 3.40. The van der Waals surface area contributed by atoms with Crippen molar-refractivity contribution in [3.05, 3.63) is 34.9 Å². The predicted octanol–water partition coefficient (Wildman–Crippen LogP) is 2.78. The number of hydrogen-bond acceptors (Lipinski definition) is 3. The summed E-state index contributed by atoms with van der Waals surface area (Å²) >= 11 is 0. The van der Waals surface area contributed by atoms with Gasteiger partial charge in [0.1, 0.15) is 9.84 Å². The Morgan fingerprint density at radius 3 is 2.67 bits per heavy atom. The first-order valence-electron chi connectivity index (χ1n) is 7.78. The molecular formula is C17H27NO2S.